The van der Waals surface area contributed by atoms with Gasteiger partial charge in [0, 0.05) is 12.7 Å². The molecule has 2 heterocycles. The molecule has 6 heteroatoms. The minimum Gasteiger partial charge on any atom is -0.346 e. The Hall–Kier alpha value is -2.76. The highest BCUT2D eigenvalue weighted by Crippen LogP contribution is 2.24. The average molecular weight is 368 g/mol. The number of amides is 1. The zero-order valence-corrected chi connectivity index (χ0v) is 15.9. The molecule has 0 bridgehead atoms. The van der Waals surface area contributed by atoms with Crippen LogP contribution < -0.4 is 5.32 Å². The molecule has 3 rings (SSSR count). The van der Waals surface area contributed by atoms with Gasteiger partial charge in [-0.1, -0.05) is 26.0 Å². The number of rotatable bonds is 7. The molecule has 0 spiro atoms. The van der Waals surface area contributed by atoms with Crippen LogP contribution in [0.15, 0.2) is 42.6 Å². The number of carbonyl (C=O) groups is 1. The first-order chi connectivity index (χ1) is 13.0. The lowest BCUT2D eigenvalue weighted by molar-refractivity contribution is -0.121. The predicted octanol–water partition coefficient (Wildman–Crippen LogP) is 4.04. The number of aryl methyl sites for hydroxylation is 1. The Bertz CT molecular complexity index is 935. The van der Waals surface area contributed by atoms with Crippen LogP contribution in [-0.4, -0.2) is 20.4 Å². The number of imidazole rings is 1. The van der Waals surface area contributed by atoms with Gasteiger partial charge in [-0.3, -0.25) is 4.79 Å². The summed E-state index contributed by atoms with van der Waals surface area (Å²) >= 11 is 0. The summed E-state index contributed by atoms with van der Waals surface area (Å²) in [6, 6.07) is 9.71. The Balaban J connectivity index is 1.87. The van der Waals surface area contributed by atoms with Gasteiger partial charge in [0.05, 0.1) is 12.5 Å². The monoisotopic (exact) mass is 368 g/mol. The van der Waals surface area contributed by atoms with E-state index in [1.807, 2.05) is 23.6 Å². The number of benzene rings is 1. The normalized spacial score (nSPS) is 12.5. The minimum atomic E-state index is -0.335. The second-order valence-corrected chi connectivity index (χ2v) is 7.12. The fourth-order valence-electron chi connectivity index (χ4n) is 3.33. The van der Waals surface area contributed by atoms with Crippen molar-refractivity contribution in [3.8, 4) is 0 Å². The lowest BCUT2D eigenvalue weighted by Gasteiger charge is -2.21. The number of fused-ring (bicyclic) bond motifs is 1. The summed E-state index contributed by atoms with van der Waals surface area (Å²) in [4.78, 5) is 21.8. The van der Waals surface area contributed by atoms with Gasteiger partial charge < -0.3 is 9.88 Å². The molecule has 3 aromatic rings. The van der Waals surface area contributed by atoms with Crippen LogP contribution in [0.3, 0.4) is 0 Å². The molecular formula is C21H25FN4O. The van der Waals surface area contributed by atoms with Gasteiger partial charge in [0.2, 0.25) is 5.91 Å². The van der Waals surface area contributed by atoms with E-state index in [1.165, 1.54) is 12.1 Å². The quantitative estimate of drug-likeness (QED) is 0.685. The molecule has 1 aromatic carbocycles. The minimum absolute atomic E-state index is 0.136. The zero-order chi connectivity index (χ0) is 19.4. The smallest absolute Gasteiger partial charge is 0.225 e. The Morgan fingerprint density at radius 1 is 1.26 bits per heavy atom. The summed E-state index contributed by atoms with van der Waals surface area (Å²) in [5.74, 6) is 0.710. The molecule has 0 aliphatic rings. The van der Waals surface area contributed by atoms with Crippen LogP contribution in [0.25, 0.3) is 11.2 Å². The fourth-order valence-corrected chi connectivity index (χ4v) is 3.33. The largest absolute Gasteiger partial charge is 0.346 e. The highest BCUT2D eigenvalue weighted by Gasteiger charge is 2.23. The summed E-state index contributed by atoms with van der Waals surface area (Å²) in [5.41, 5.74) is 2.30. The second kappa shape index (κ2) is 8.29. The Morgan fingerprint density at radius 2 is 2.07 bits per heavy atom. The molecule has 5 nitrogen and oxygen atoms in total. The predicted molar refractivity (Wildman–Crippen MR) is 104 cm³/mol. The first-order valence-electron chi connectivity index (χ1n) is 9.33. The first kappa shape index (κ1) is 19.0. The van der Waals surface area contributed by atoms with Gasteiger partial charge in [-0.2, -0.15) is 0 Å². The third-order valence-corrected chi connectivity index (χ3v) is 4.46. The second-order valence-electron chi connectivity index (χ2n) is 7.12. The van der Waals surface area contributed by atoms with Crippen LogP contribution in [-0.2, 0) is 17.8 Å². The lowest BCUT2D eigenvalue weighted by atomic mass is 10.0. The number of nitrogens with zero attached hydrogens (tertiary/aromatic N) is 3. The molecule has 0 saturated heterocycles. The average Bonchev–Trinajstić information content (AvgIpc) is 2.99. The van der Waals surface area contributed by atoms with Crippen LogP contribution in [0.5, 0.6) is 0 Å². The highest BCUT2D eigenvalue weighted by atomic mass is 19.1. The van der Waals surface area contributed by atoms with E-state index >= 15 is 0 Å². The standard InChI is InChI=1S/C21H25FN4O/c1-4-26-20-17(9-6-10-23-20)25-21(26)18(11-14(2)3)24-19(27)13-15-7-5-8-16(22)12-15/h5-10,12,14,18H,4,11,13H2,1-3H3,(H,24,27). The molecule has 2 aromatic heterocycles. The van der Waals surface area contributed by atoms with Gasteiger partial charge in [0.25, 0.3) is 0 Å². The van der Waals surface area contributed by atoms with Crippen molar-refractivity contribution in [2.45, 2.75) is 46.2 Å². The molecule has 1 N–H and O–H groups in total. The molecule has 1 amide bonds. The Kier molecular flexibility index (Phi) is 5.84. The summed E-state index contributed by atoms with van der Waals surface area (Å²) in [7, 11) is 0. The van der Waals surface area contributed by atoms with Crippen LogP contribution in [0.2, 0.25) is 0 Å². The number of hydrogen-bond donors (Lipinski definition) is 1. The number of hydrogen-bond acceptors (Lipinski definition) is 3. The van der Waals surface area contributed by atoms with E-state index in [1.54, 1.807) is 18.3 Å². The maximum Gasteiger partial charge on any atom is 0.225 e. The van der Waals surface area contributed by atoms with Gasteiger partial charge in [0.15, 0.2) is 5.65 Å². The molecule has 0 saturated carbocycles. The molecule has 0 aliphatic carbocycles. The molecule has 27 heavy (non-hydrogen) atoms. The Morgan fingerprint density at radius 3 is 2.78 bits per heavy atom. The first-order valence-corrected chi connectivity index (χ1v) is 9.33. The molecule has 1 unspecified atom stereocenters. The van der Waals surface area contributed by atoms with Crippen molar-refractivity contribution in [3.63, 3.8) is 0 Å². The number of halogens is 1. The third kappa shape index (κ3) is 4.51. The molecule has 0 fully saturated rings. The van der Waals surface area contributed by atoms with Gasteiger partial charge in [0.1, 0.15) is 17.2 Å². The zero-order valence-electron chi connectivity index (χ0n) is 15.9. The van der Waals surface area contributed by atoms with Crippen LogP contribution in [0.4, 0.5) is 4.39 Å². The van der Waals surface area contributed by atoms with Gasteiger partial charge in [-0.25, -0.2) is 14.4 Å². The van der Waals surface area contributed by atoms with Crippen LogP contribution in [0, 0.1) is 11.7 Å². The van der Waals surface area contributed by atoms with E-state index in [-0.39, 0.29) is 24.2 Å². The van der Waals surface area contributed by atoms with Crippen molar-refractivity contribution in [2.24, 2.45) is 5.92 Å². The molecule has 142 valence electrons. The number of aromatic nitrogens is 3. The van der Waals surface area contributed by atoms with E-state index in [9.17, 15) is 9.18 Å². The fraction of sp³-hybridized carbons (Fsp3) is 0.381. The maximum atomic E-state index is 13.4. The topological polar surface area (TPSA) is 59.8 Å². The van der Waals surface area contributed by atoms with E-state index in [0.717, 1.165) is 30.0 Å². The van der Waals surface area contributed by atoms with Crippen LogP contribution in [0.1, 0.15) is 44.6 Å². The Labute approximate surface area is 158 Å². The van der Waals surface area contributed by atoms with Crippen molar-refractivity contribution in [1.29, 1.82) is 0 Å². The SMILES string of the molecule is CCn1c(C(CC(C)C)NC(=O)Cc2cccc(F)c2)nc2cccnc21. The van der Waals surface area contributed by atoms with Crippen molar-refractivity contribution in [3.05, 3.63) is 59.8 Å². The van der Waals surface area contributed by atoms with Gasteiger partial charge in [-0.15, -0.1) is 0 Å². The molecule has 1 atom stereocenters. The maximum absolute atomic E-state index is 13.4. The van der Waals surface area contributed by atoms with E-state index in [2.05, 4.69) is 24.1 Å². The molecular weight excluding hydrogens is 343 g/mol. The van der Waals surface area contributed by atoms with E-state index in [0.29, 0.717) is 11.5 Å². The van der Waals surface area contributed by atoms with Crippen molar-refractivity contribution < 1.29 is 9.18 Å². The van der Waals surface area contributed by atoms with Gasteiger partial charge in [-0.05, 0) is 49.1 Å². The summed E-state index contributed by atoms with van der Waals surface area (Å²) in [6.07, 6.45) is 2.65. The molecule has 0 radical (unpaired) electrons. The third-order valence-electron chi connectivity index (χ3n) is 4.46. The van der Waals surface area contributed by atoms with E-state index < -0.39 is 0 Å². The van der Waals surface area contributed by atoms with Crippen molar-refractivity contribution >= 4 is 17.1 Å². The summed E-state index contributed by atoms with van der Waals surface area (Å²) in [5, 5.41) is 3.10. The van der Waals surface area contributed by atoms with Crippen molar-refractivity contribution in [1.82, 2.24) is 19.9 Å². The summed E-state index contributed by atoms with van der Waals surface area (Å²) < 4.78 is 15.4. The van der Waals surface area contributed by atoms with Crippen LogP contribution >= 0.6 is 0 Å². The van der Waals surface area contributed by atoms with Crippen molar-refractivity contribution in [2.75, 3.05) is 0 Å². The lowest BCUT2D eigenvalue weighted by Crippen LogP contribution is -2.32. The number of carbonyl (C=O) groups excluding carboxylic acids is 1. The molecule has 0 aliphatic heterocycles. The van der Waals surface area contributed by atoms with Gasteiger partial charge >= 0.3 is 0 Å². The number of nitrogens with one attached hydrogen (secondary N) is 1. The number of pyridine rings is 1. The highest BCUT2D eigenvalue weighted by molar-refractivity contribution is 5.79. The summed E-state index contributed by atoms with van der Waals surface area (Å²) in [6.45, 7) is 6.99. The van der Waals surface area contributed by atoms with E-state index in [4.69, 9.17) is 4.98 Å².